The average molecular weight is 497 g/mol. The van der Waals surface area contributed by atoms with Crippen molar-refractivity contribution in [3.63, 3.8) is 0 Å². The van der Waals surface area contributed by atoms with Gasteiger partial charge in [-0.15, -0.1) is 24.0 Å². The molecule has 1 atom stereocenters. The third kappa shape index (κ3) is 5.47. The first-order valence-electron chi connectivity index (χ1n) is 9.76. The highest BCUT2D eigenvalue weighted by atomic mass is 127. The van der Waals surface area contributed by atoms with Gasteiger partial charge in [-0.05, 0) is 44.9 Å². The number of aromatic nitrogens is 2. The number of aryl methyl sites for hydroxylation is 2. The van der Waals surface area contributed by atoms with Gasteiger partial charge in [0.05, 0.1) is 24.5 Å². The Morgan fingerprint density at radius 1 is 1.32 bits per heavy atom. The van der Waals surface area contributed by atoms with Crippen molar-refractivity contribution < 1.29 is 4.74 Å². The van der Waals surface area contributed by atoms with Crippen LogP contribution in [0, 0.1) is 19.8 Å². The number of ether oxygens (including phenoxy) is 1. The van der Waals surface area contributed by atoms with Crippen molar-refractivity contribution >= 4 is 29.9 Å². The number of hydrogen-bond acceptors (Lipinski definition) is 3. The zero-order valence-electron chi connectivity index (χ0n) is 17.3. The number of para-hydroxylation sites is 1. The minimum Gasteiger partial charge on any atom is -0.384 e. The smallest absolute Gasteiger partial charge is 0.194 e. The van der Waals surface area contributed by atoms with Crippen LogP contribution in [0.15, 0.2) is 35.3 Å². The summed E-state index contributed by atoms with van der Waals surface area (Å²) in [5.41, 5.74) is 4.44. The minimum absolute atomic E-state index is 0. The third-order valence-corrected chi connectivity index (χ3v) is 4.95. The molecule has 0 amide bonds. The molecule has 2 aromatic rings. The molecule has 0 radical (unpaired) electrons. The zero-order valence-corrected chi connectivity index (χ0v) is 19.6. The maximum absolute atomic E-state index is 5.32. The molecule has 1 fully saturated rings. The van der Waals surface area contributed by atoms with E-state index >= 15 is 0 Å². The molecule has 0 saturated carbocycles. The van der Waals surface area contributed by atoms with E-state index in [-0.39, 0.29) is 24.0 Å². The summed E-state index contributed by atoms with van der Waals surface area (Å²) < 4.78 is 7.34. The summed E-state index contributed by atoms with van der Waals surface area (Å²) >= 11 is 0. The van der Waals surface area contributed by atoms with Gasteiger partial charge in [-0.25, -0.2) is 9.67 Å². The molecule has 0 aliphatic carbocycles. The first kappa shape index (κ1) is 22.7. The van der Waals surface area contributed by atoms with Gasteiger partial charge in [-0.3, -0.25) is 0 Å². The molecule has 1 aromatic heterocycles. The molecular weight excluding hydrogens is 465 g/mol. The summed E-state index contributed by atoms with van der Waals surface area (Å²) in [7, 11) is 1.78. The molecule has 154 valence electrons. The van der Waals surface area contributed by atoms with Gasteiger partial charge in [0, 0.05) is 38.4 Å². The quantitative estimate of drug-likeness (QED) is 0.377. The summed E-state index contributed by atoms with van der Waals surface area (Å²) in [4.78, 5) is 7.28. The number of nitrogens with one attached hydrogen (secondary N) is 1. The van der Waals surface area contributed by atoms with Crippen LogP contribution in [0.3, 0.4) is 0 Å². The maximum atomic E-state index is 5.32. The second kappa shape index (κ2) is 10.8. The predicted molar refractivity (Wildman–Crippen MR) is 125 cm³/mol. The molecule has 6 nitrogen and oxygen atoms in total. The lowest BCUT2D eigenvalue weighted by molar-refractivity contribution is 0.157. The molecule has 1 aliphatic heterocycles. The number of guanidine groups is 1. The van der Waals surface area contributed by atoms with Gasteiger partial charge < -0.3 is 15.0 Å². The van der Waals surface area contributed by atoms with Gasteiger partial charge in [-0.1, -0.05) is 18.2 Å². The van der Waals surface area contributed by atoms with Crippen LogP contribution in [0.4, 0.5) is 0 Å². The SMILES string of the molecule is CCNC(=NCc1ccccc1-n1nc(C)cc1C)N1CCC(COC)C1.I. The van der Waals surface area contributed by atoms with Gasteiger partial charge in [0.25, 0.3) is 0 Å². The number of hydrogen-bond donors (Lipinski definition) is 1. The molecule has 1 aromatic carbocycles. The maximum Gasteiger partial charge on any atom is 0.194 e. The molecule has 7 heteroatoms. The Morgan fingerprint density at radius 3 is 2.79 bits per heavy atom. The monoisotopic (exact) mass is 497 g/mol. The van der Waals surface area contributed by atoms with E-state index < -0.39 is 0 Å². The minimum atomic E-state index is 0. The Kier molecular flexibility index (Phi) is 8.75. The van der Waals surface area contributed by atoms with Gasteiger partial charge in [0.2, 0.25) is 0 Å². The standard InChI is InChI=1S/C21H31N5O.HI/c1-5-22-21(25-11-10-18(14-25)15-27-4)23-13-19-8-6-7-9-20(19)26-17(3)12-16(2)24-26;/h6-9,12,18H,5,10-11,13-15H2,1-4H3,(H,22,23);1H. The molecule has 28 heavy (non-hydrogen) atoms. The number of rotatable bonds is 6. The predicted octanol–water partition coefficient (Wildman–Crippen LogP) is 3.54. The van der Waals surface area contributed by atoms with Crippen LogP contribution in [0.1, 0.15) is 30.3 Å². The van der Waals surface area contributed by atoms with Gasteiger partial charge >= 0.3 is 0 Å². The van der Waals surface area contributed by atoms with E-state index in [1.807, 2.05) is 11.6 Å². The number of aliphatic imine (C=N–C) groups is 1. The van der Waals surface area contributed by atoms with Crippen molar-refractivity contribution in [3.05, 3.63) is 47.3 Å². The lowest BCUT2D eigenvalue weighted by Crippen LogP contribution is -2.40. The Hall–Kier alpha value is -1.61. The van der Waals surface area contributed by atoms with Gasteiger partial charge in [0.1, 0.15) is 0 Å². The second-order valence-corrected chi connectivity index (χ2v) is 7.19. The van der Waals surface area contributed by atoms with Gasteiger partial charge in [-0.2, -0.15) is 5.10 Å². The Balaban J connectivity index is 0.00000280. The fraction of sp³-hybridized carbons (Fsp3) is 0.524. The third-order valence-electron chi connectivity index (χ3n) is 4.95. The molecule has 3 rings (SSSR count). The summed E-state index contributed by atoms with van der Waals surface area (Å²) in [6.07, 6.45) is 1.15. The molecule has 1 aliphatic rings. The molecule has 0 bridgehead atoms. The van der Waals surface area contributed by atoms with E-state index in [1.54, 1.807) is 7.11 Å². The fourth-order valence-corrected chi connectivity index (χ4v) is 3.71. The molecule has 2 heterocycles. The normalized spacial score (nSPS) is 16.9. The first-order chi connectivity index (χ1) is 13.1. The van der Waals surface area contributed by atoms with E-state index in [4.69, 9.17) is 9.73 Å². The average Bonchev–Trinajstić information content (AvgIpc) is 3.25. The number of halogens is 1. The van der Waals surface area contributed by atoms with Crippen molar-refractivity contribution in [2.75, 3.05) is 33.4 Å². The van der Waals surface area contributed by atoms with Crippen molar-refractivity contribution in [2.45, 2.75) is 33.7 Å². The highest BCUT2D eigenvalue weighted by molar-refractivity contribution is 14.0. The summed E-state index contributed by atoms with van der Waals surface area (Å²) in [5, 5.41) is 8.09. The lowest BCUT2D eigenvalue weighted by Gasteiger charge is -2.22. The largest absolute Gasteiger partial charge is 0.384 e. The van der Waals surface area contributed by atoms with Crippen molar-refractivity contribution in [1.82, 2.24) is 20.0 Å². The Labute approximate surface area is 185 Å². The van der Waals surface area contributed by atoms with E-state index in [0.717, 1.165) is 55.7 Å². The number of methoxy groups -OCH3 is 1. The Bertz CT molecular complexity index is 789. The summed E-state index contributed by atoms with van der Waals surface area (Å²) in [6.45, 7) is 10.6. The van der Waals surface area contributed by atoms with E-state index in [2.05, 4.69) is 59.5 Å². The number of benzene rings is 1. The summed E-state index contributed by atoms with van der Waals surface area (Å²) in [6, 6.07) is 10.5. The topological polar surface area (TPSA) is 54.7 Å². The number of likely N-dealkylation sites (tertiary alicyclic amines) is 1. The van der Waals surface area contributed by atoms with Crippen LogP contribution in [0.2, 0.25) is 0 Å². The molecular formula is C21H32IN5O. The highest BCUT2D eigenvalue weighted by Gasteiger charge is 2.24. The molecule has 1 unspecified atom stereocenters. The van der Waals surface area contributed by atoms with Crippen molar-refractivity contribution in [3.8, 4) is 5.69 Å². The van der Waals surface area contributed by atoms with Crippen LogP contribution in [-0.2, 0) is 11.3 Å². The molecule has 1 saturated heterocycles. The van der Waals surface area contributed by atoms with Crippen LogP contribution in [0.5, 0.6) is 0 Å². The van der Waals surface area contributed by atoms with Crippen molar-refractivity contribution in [1.29, 1.82) is 0 Å². The molecule has 0 spiro atoms. The summed E-state index contributed by atoms with van der Waals surface area (Å²) in [5.74, 6) is 1.57. The van der Waals surface area contributed by atoms with Crippen LogP contribution < -0.4 is 5.32 Å². The zero-order chi connectivity index (χ0) is 19.2. The highest BCUT2D eigenvalue weighted by Crippen LogP contribution is 2.19. The number of nitrogens with zero attached hydrogens (tertiary/aromatic N) is 4. The van der Waals surface area contributed by atoms with Crippen LogP contribution in [0.25, 0.3) is 5.69 Å². The van der Waals surface area contributed by atoms with E-state index in [1.165, 1.54) is 5.56 Å². The van der Waals surface area contributed by atoms with E-state index in [9.17, 15) is 0 Å². The lowest BCUT2D eigenvalue weighted by atomic mass is 10.1. The van der Waals surface area contributed by atoms with E-state index in [0.29, 0.717) is 12.5 Å². The fourth-order valence-electron chi connectivity index (χ4n) is 3.71. The first-order valence-corrected chi connectivity index (χ1v) is 9.76. The van der Waals surface area contributed by atoms with Crippen molar-refractivity contribution in [2.24, 2.45) is 10.9 Å². The second-order valence-electron chi connectivity index (χ2n) is 7.19. The van der Waals surface area contributed by atoms with Crippen LogP contribution in [-0.4, -0.2) is 54.0 Å². The molecule has 1 N–H and O–H groups in total. The van der Waals surface area contributed by atoms with Crippen LogP contribution >= 0.6 is 24.0 Å². The van der Waals surface area contributed by atoms with Gasteiger partial charge in [0.15, 0.2) is 5.96 Å². The Morgan fingerprint density at radius 2 is 2.11 bits per heavy atom.